The van der Waals surface area contributed by atoms with E-state index in [1.807, 2.05) is 0 Å². The van der Waals surface area contributed by atoms with Gasteiger partial charge >= 0.3 is 6.09 Å². The van der Waals surface area contributed by atoms with Crippen LogP contribution in [-0.2, 0) is 4.74 Å². The highest BCUT2D eigenvalue weighted by atomic mass is 32.1. The standard InChI is InChI=1S/C13H25N3O2S/c1-13(2,11(14)19)6-4-7-16-8-5-10(9-16)15-12(17)18-3/h10H,4-9H2,1-3H3,(H2,14,19)(H,15,17). The van der Waals surface area contributed by atoms with Crippen molar-refractivity contribution < 1.29 is 9.53 Å². The van der Waals surface area contributed by atoms with Crippen LogP contribution in [0.5, 0.6) is 0 Å². The van der Waals surface area contributed by atoms with E-state index in [4.69, 9.17) is 18.0 Å². The van der Waals surface area contributed by atoms with Gasteiger partial charge in [0.1, 0.15) is 0 Å². The lowest BCUT2D eigenvalue weighted by molar-refractivity contribution is 0.166. The van der Waals surface area contributed by atoms with E-state index in [9.17, 15) is 4.79 Å². The first-order valence-electron chi connectivity index (χ1n) is 6.72. The van der Waals surface area contributed by atoms with Gasteiger partial charge in [-0.1, -0.05) is 26.1 Å². The molecule has 1 aliphatic rings. The van der Waals surface area contributed by atoms with Gasteiger partial charge in [-0.2, -0.15) is 0 Å². The molecule has 3 N–H and O–H groups in total. The number of nitrogens with one attached hydrogen (secondary N) is 1. The fourth-order valence-electron chi connectivity index (χ4n) is 2.25. The summed E-state index contributed by atoms with van der Waals surface area (Å²) < 4.78 is 4.60. The fourth-order valence-corrected chi connectivity index (χ4v) is 2.35. The highest BCUT2D eigenvalue weighted by molar-refractivity contribution is 7.80. The van der Waals surface area contributed by atoms with Crippen LogP contribution >= 0.6 is 12.2 Å². The highest BCUT2D eigenvalue weighted by Gasteiger charge is 2.25. The van der Waals surface area contributed by atoms with Gasteiger partial charge in [0, 0.05) is 24.5 Å². The number of ether oxygens (including phenoxy) is 1. The molecule has 1 unspecified atom stereocenters. The zero-order chi connectivity index (χ0) is 14.5. The Hall–Kier alpha value is -0.880. The lowest BCUT2D eigenvalue weighted by Gasteiger charge is -2.24. The molecule has 19 heavy (non-hydrogen) atoms. The van der Waals surface area contributed by atoms with Gasteiger partial charge in [0.2, 0.25) is 0 Å². The molecule has 0 aliphatic carbocycles. The Balaban J connectivity index is 2.22. The molecule has 0 radical (unpaired) electrons. The second-order valence-corrected chi connectivity index (χ2v) is 6.21. The molecular weight excluding hydrogens is 262 g/mol. The minimum atomic E-state index is -0.346. The summed E-state index contributed by atoms with van der Waals surface area (Å²) in [6, 6.07) is 0.205. The molecule has 1 saturated heterocycles. The van der Waals surface area contributed by atoms with Crippen LogP contribution in [0.25, 0.3) is 0 Å². The van der Waals surface area contributed by atoms with Gasteiger partial charge in [-0.05, 0) is 25.8 Å². The molecule has 0 aromatic rings. The van der Waals surface area contributed by atoms with Crippen LogP contribution in [0.4, 0.5) is 4.79 Å². The fraction of sp³-hybridized carbons (Fsp3) is 0.846. The van der Waals surface area contributed by atoms with Crippen LogP contribution in [0, 0.1) is 5.41 Å². The first-order valence-corrected chi connectivity index (χ1v) is 7.12. The number of thiocarbonyl (C=S) groups is 1. The zero-order valence-electron chi connectivity index (χ0n) is 12.1. The van der Waals surface area contributed by atoms with E-state index >= 15 is 0 Å². The van der Waals surface area contributed by atoms with Crippen LogP contribution in [0.1, 0.15) is 33.1 Å². The largest absolute Gasteiger partial charge is 0.453 e. The summed E-state index contributed by atoms with van der Waals surface area (Å²) in [5.74, 6) is 0. The monoisotopic (exact) mass is 287 g/mol. The Morgan fingerprint density at radius 3 is 2.84 bits per heavy atom. The second-order valence-electron chi connectivity index (χ2n) is 5.77. The SMILES string of the molecule is COC(=O)NC1CCN(CCCC(C)(C)C(N)=S)C1. The highest BCUT2D eigenvalue weighted by Crippen LogP contribution is 2.23. The molecule has 110 valence electrons. The third-order valence-corrected chi connectivity index (χ3v) is 4.28. The van der Waals surface area contributed by atoms with Crippen molar-refractivity contribution in [2.24, 2.45) is 11.1 Å². The third-order valence-electron chi connectivity index (χ3n) is 3.72. The van der Waals surface area contributed by atoms with Crippen molar-refractivity contribution in [1.82, 2.24) is 10.2 Å². The number of nitrogens with zero attached hydrogens (tertiary/aromatic N) is 1. The summed E-state index contributed by atoms with van der Waals surface area (Å²) >= 11 is 5.06. The quantitative estimate of drug-likeness (QED) is 0.725. The molecule has 1 rings (SSSR count). The molecule has 1 heterocycles. The van der Waals surface area contributed by atoms with Gasteiger partial charge < -0.3 is 20.7 Å². The summed E-state index contributed by atoms with van der Waals surface area (Å²) in [4.78, 5) is 14.1. The summed E-state index contributed by atoms with van der Waals surface area (Å²) in [7, 11) is 1.39. The van der Waals surface area contributed by atoms with Gasteiger partial charge in [-0.3, -0.25) is 0 Å². The Kier molecular flexibility index (Phi) is 6.00. The normalized spacial score (nSPS) is 20.3. The van der Waals surface area contributed by atoms with Gasteiger partial charge in [-0.15, -0.1) is 0 Å². The lowest BCUT2D eigenvalue weighted by Crippen LogP contribution is -2.37. The molecule has 0 aromatic carbocycles. The second kappa shape index (κ2) is 7.05. The molecule has 6 heteroatoms. The predicted molar refractivity (Wildman–Crippen MR) is 80.2 cm³/mol. The van der Waals surface area contributed by atoms with Crippen molar-refractivity contribution in [2.75, 3.05) is 26.7 Å². The van der Waals surface area contributed by atoms with E-state index in [0.717, 1.165) is 38.9 Å². The first kappa shape index (κ1) is 16.2. The summed E-state index contributed by atoms with van der Waals surface area (Å²) in [6.07, 6.45) is 2.69. The smallest absolute Gasteiger partial charge is 0.407 e. The van der Waals surface area contributed by atoms with Gasteiger partial charge in [0.05, 0.1) is 12.1 Å². The molecule has 1 fully saturated rings. The van der Waals surface area contributed by atoms with Gasteiger partial charge in [-0.25, -0.2) is 4.79 Å². The number of amides is 1. The topological polar surface area (TPSA) is 67.6 Å². The average Bonchev–Trinajstić information content (AvgIpc) is 2.76. The molecule has 0 saturated carbocycles. The third kappa shape index (κ3) is 5.32. The van der Waals surface area contributed by atoms with Crippen molar-refractivity contribution in [2.45, 2.75) is 39.2 Å². The Bertz CT molecular complexity index is 334. The predicted octanol–water partition coefficient (Wildman–Crippen LogP) is 1.51. The van der Waals surface area contributed by atoms with Crippen molar-refractivity contribution in [1.29, 1.82) is 0 Å². The van der Waals surface area contributed by atoms with Gasteiger partial charge in [0.15, 0.2) is 0 Å². The summed E-state index contributed by atoms with van der Waals surface area (Å²) in [5, 5.41) is 2.84. The van der Waals surface area contributed by atoms with Crippen molar-refractivity contribution >= 4 is 23.3 Å². The molecular formula is C13H25N3O2S. The molecule has 1 aliphatic heterocycles. The molecule has 1 amide bonds. The summed E-state index contributed by atoms with van der Waals surface area (Å²) in [6.45, 7) is 7.10. The number of methoxy groups -OCH3 is 1. The number of rotatable bonds is 6. The maximum absolute atomic E-state index is 11.1. The number of alkyl carbamates (subject to hydrolysis) is 1. The van der Waals surface area contributed by atoms with E-state index in [0.29, 0.717) is 4.99 Å². The maximum Gasteiger partial charge on any atom is 0.407 e. The molecule has 1 atom stereocenters. The van der Waals surface area contributed by atoms with E-state index in [-0.39, 0.29) is 17.6 Å². The maximum atomic E-state index is 11.1. The Labute approximate surface area is 120 Å². The molecule has 0 spiro atoms. The molecule has 0 aromatic heterocycles. The Morgan fingerprint density at radius 1 is 1.58 bits per heavy atom. The lowest BCUT2D eigenvalue weighted by atomic mass is 9.88. The number of likely N-dealkylation sites (tertiary alicyclic amines) is 1. The molecule has 5 nitrogen and oxygen atoms in total. The van der Waals surface area contributed by atoms with Crippen molar-refractivity contribution in [3.63, 3.8) is 0 Å². The van der Waals surface area contributed by atoms with Crippen LogP contribution < -0.4 is 11.1 Å². The number of carbonyl (C=O) groups excluding carboxylic acids is 1. The van der Waals surface area contributed by atoms with Crippen molar-refractivity contribution in [3.8, 4) is 0 Å². The minimum absolute atomic E-state index is 0.0707. The molecule has 0 bridgehead atoms. The number of nitrogens with two attached hydrogens (primary N) is 1. The number of hydrogen-bond donors (Lipinski definition) is 2. The van der Waals surface area contributed by atoms with E-state index in [2.05, 4.69) is 28.8 Å². The average molecular weight is 287 g/mol. The number of carbonyl (C=O) groups is 1. The Morgan fingerprint density at radius 2 is 2.26 bits per heavy atom. The van der Waals surface area contributed by atoms with E-state index in [1.165, 1.54) is 7.11 Å². The number of hydrogen-bond acceptors (Lipinski definition) is 4. The van der Waals surface area contributed by atoms with Crippen LogP contribution in [0.2, 0.25) is 0 Å². The van der Waals surface area contributed by atoms with Crippen molar-refractivity contribution in [3.05, 3.63) is 0 Å². The minimum Gasteiger partial charge on any atom is -0.453 e. The van der Waals surface area contributed by atoms with E-state index in [1.54, 1.807) is 0 Å². The summed E-state index contributed by atoms with van der Waals surface area (Å²) in [5.41, 5.74) is 5.64. The van der Waals surface area contributed by atoms with Gasteiger partial charge in [0.25, 0.3) is 0 Å². The van der Waals surface area contributed by atoms with E-state index < -0.39 is 0 Å². The van der Waals surface area contributed by atoms with Crippen LogP contribution in [0.3, 0.4) is 0 Å². The van der Waals surface area contributed by atoms with Crippen LogP contribution in [-0.4, -0.2) is 48.8 Å². The first-order chi connectivity index (χ1) is 8.85. The van der Waals surface area contributed by atoms with Crippen LogP contribution in [0.15, 0.2) is 0 Å². The zero-order valence-corrected chi connectivity index (χ0v) is 12.9.